The molecular weight excluding hydrogens is 484 g/mol. The predicted octanol–water partition coefficient (Wildman–Crippen LogP) is 4.64. The maximum Gasteiger partial charge on any atom is 0.142 e. The number of halogens is 3. The lowest BCUT2D eigenvalue weighted by atomic mass is 9.92. The highest BCUT2D eigenvalue weighted by Crippen LogP contribution is 2.41. The van der Waals surface area contributed by atoms with E-state index in [9.17, 15) is 8.78 Å². The molecule has 3 aromatic heterocycles. The Bertz CT molecular complexity index is 1410. The van der Waals surface area contributed by atoms with E-state index in [0.29, 0.717) is 24.7 Å². The summed E-state index contributed by atoms with van der Waals surface area (Å²) in [5, 5.41) is 5.50. The van der Waals surface area contributed by atoms with E-state index >= 15 is 0 Å². The maximum absolute atomic E-state index is 14.4. The molecule has 3 aliphatic rings. The first-order chi connectivity index (χ1) is 17.5. The standard InChI is InChI=1S/C26H25ClF2N7/c27-24-21(22(28)3-4-23(24)29)13-35-16-1-2-17(35)8-18(7-16)34-11-19(12-34)36-10-15(9-33-36)25-20-5-6-30-26(20)32-14-31-25/h3-6,9-10,14,16-18H,1-2,7-8,11-13H2,(H,30,31,32). The fourth-order valence-corrected chi connectivity index (χ4v) is 6.46. The number of fused-ring (bicyclic) bond motifs is 3. The maximum atomic E-state index is 14.4. The van der Waals surface area contributed by atoms with Crippen molar-refractivity contribution in [3.8, 4) is 11.3 Å². The molecule has 0 aliphatic carbocycles. The molecule has 0 spiro atoms. The SMILES string of the molecule is Fc1ccc(F)c(CN2C3CCC2CC(N2C[C](n4cc(-c5ncnc6[nH]ccc56)cn4)C2)C3)c1Cl. The van der Waals surface area contributed by atoms with E-state index in [0.717, 1.165) is 67.1 Å². The van der Waals surface area contributed by atoms with Crippen LogP contribution in [0.15, 0.2) is 43.1 Å². The zero-order valence-corrected chi connectivity index (χ0v) is 20.3. The molecule has 36 heavy (non-hydrogen) atoms. The fourth-order valence-electron chi connectivity index (χ4n) is 6.24. The van der Waals surface area contributed by atoms with Crippen LogP contribution in [0.3, 0.4) is 0 Å². The van der Waals surface area contributed by atoms with Crippen molar-refractivity contribution in [3.05, 3.63) is 71.4 Å². The third kappa shape index (κ3) is 3.64. The van der Waals surface area contributed by atoms with Gasteiger partial charge in [-0.1, -0.05) is 11.6 Å². The molecule has 2 unspecified atom stereocenters. The van der Waals surface area contributed by atoms with Gasteiger partial charge in [0.2, 0.25) is 0 Å². The molecule has 2 bridgehead atoms. The monoisotopic (exact) mass is 508 g/mol. The van der Waals surface area contributed by atoms with Crippen LogP contribution < -0.4 is 0 Å². The zero-order valence-electron chi connectivity index (χ0n) is 19.5. The number of H-pyrrole nitrogens is 1. The number of hydrogen-bond donors (Lipinski definition) is 1. The van der Waals surface area contributed by atoms with Crippen LogP contribution in [0.2, 0.25) is 5.02 Å². The summed E-state index contributed by atoms with van der Waals surface area (Å²) in [6, 6.07) is 6.75. The molecule has 7 nitrogen and oxygen atoms in total. The topological polar surface area (TPSA) is 65.9 Å². The Morgan fingerprint density at radius 3 is 2.58 bits per heavy atom. The second-order valence-corrected chi connectivity index (χ2v) is 10.5. The lowest BCUT2D eigenvalue weighted by Gasteiger charge is -2.49. The van der Waals surface area contributed by atoms with Gasteiger partial charge in [-0.05, 0) is 43.9 Å². The average molecular weight is 509 g/mol. The van der Waals surface area contributed by atoms with E-state index < -0.39 is 11.6 Å². The van der Waals surface area contributed by atoms with Crippen molar-refractivity contribution in [2.24, 2.45) is 0 Å². The summed E-state index contributed by atoms with van der Waals surface area (Å²) in [6.07, 6.45) is 11.6. The number of nitrogens with one attached hydrogen (secondary N) is 1. The van der Waals surface area contributed by atoms with Crippen molar-refractivity contribution in [2.75, 3.05) is 13.1 Å². The summed E-state index contributed by atoms with van der Waals surface area (Å²) in [7, 11) is 0. The van der Waals surface area contributed by atoms with Crippen LogP contribution in [0, 0.1) is 17.7 Å². The van der Waals surface area contributed by atoms with Crippen LogP contribution in [0.25, 0.3) is 22.3 Å². The van der Waals surface area contributed by atoms with Crippen LogP contribution >= 0.6 is 11.6 Å². The lowest BCUT2D eigenvalue weighted by molar-refractivity contribution is 0.0289. The van der Waals surface area contributed by atoms with Crippen LogP contribution in [0.1, 0.15) is 31.2 Å². The normalized spacial score (nSPS) is 25.0. The fraction of sp³-hybridized carbons (Fsp3) is 0.385. The molecule has 185 valence electrons. The number of benzene rings is 1. The van der Waals surface area contributed by atoms with Crippen molar-refractivity contribution in [2.45, 2.75) is 50.4 Å². The van der Waals surface area contributed by atoms with Crippen LogP contribution in [0.4, 0.5) is 8.78 Å². The lowest BCUT2D eigenvalue weighted by Crippen LogP contribution is -2.58. The highest BCUT2D eigenvalue weighted by Gasteiger charge is 2.45. The zero-order chi connectivity index (χ0) is 24.4. The summed E-state index contributed by atoms with van der Waals surface area (Å²) in [4.78, 5) is 16.7. The van der Waals surface area contributed by atoms with Crippen molar-refractivity contribution >= 4 is 22.6 Å². The Labute approximate surface area is 212 Å². The van der Waals surface area contributed by atoms with Crippen LogP contribution in [-0.4, -0.2) is 65.7 Å². The molecule has 0 saturated carbocycles. The summed E-state index contributed by atoms with van der Waals surface area (Å²) in [5.74, 6) is -0.986. The second-order valence-electron chi connectivity index (χ2n) is 10.1. The van der Waals surface area contributed by atoms with Crippen molar-refractivity contribution in [1.29, 1.82) is 0 Å². The van der Waals surface area contributed by atoms with Gasteiger partial charge in [0.25, 0.3) is 0 Å². The van der Waals surface area contributed by atoms with Gasteiger partial charge in [0.05, 0.1) is 16.9 Å². The third-order valence-electron chi connectivity index (χ3n) is 8.16. The first kappa shape index (κ1) is 22.3. The van der Waals surface area contributed by atoms with Gasteiger partial charge < -0.3 is 4.98 Å². The number of hydrogen-bond acceptors (Lipinski definition) is 5. The smallest absolute Gasteiger partial charge is 0.142 e. The van der Waals surface area contributed by atoms with Gasteiger partial charge in [-0.25, -0.2) is 18.7 Å². The van der Waals surface area contributed by atoms with Crippen LogP contribution in [-0.2, 0) is 6.54 Å². The average Bonchev–Trinajstić information content (AvgIpc) is 3.57. The third-order valence-corrected chi connectivity index (χ3v) is 8.57. The van der Waals surface area contributed by atoms with E-state index in [1.165, 1.54) is 12.1 Å². The van der Waals surface area contributed by atoms with Crippen molar-refractivity contribution < 1.29 is 8.78 Å². The van der Waals surface area contributed by atoms with E-state index in [1.54, 1.807) is 6.33 Å². The number of likely N-dealkylation sites (tertiary alicyclic amines) is 1. The molecule has 10 heteroatoms. The number of nitrogens with zero attached hydrogens (tertiary/aromatic N) is 6. The summed E-state index contributed by atoms with van der Waals surface area (Å²) in [5.41, 5.74) is 2.95. The van der Waals surface area contributed by atoms with Crippen LogP contribution in [0.5, 0.6) is 0 Å². The van der Waals surface area contributed by atoms with E-state index in [4.69, 9.17) is 11.6 Å². The summed E-state index contributed by atoms with van der Waals surface area (Å²) < 4.78 is 30.3. The Morgan fingerprint density at radius 2 is 1.78 bits per heavy atom. The minimum Gasteiger partial charge on any atom is -0.346 e. The Balaban J connectivity index is 1.00. The molecular formula is C26H25ClF2N7. The Hall–Kier alpha value is -2.88. The van der Waals surface area contributed by atoms with Gasteiger partial charge in [0.1, 0.15) is 29.7 Å². The second kappa shape index (κ2) is 8.61. The van der Waals surface area contributed by atoms with Crippen molar-refractivity contribution in [1.82, 2.24) is 34.5 Å². The molecule has 1 N–H and O–H groups in total. The minimum absolute atomic E-state index is 0.0868. The number of rotatable bonds is 5. The highest BCUT2D eigenvalue weighted by molar-refractivity contribution is 6.31. The molecule has 3 saturated heterocycles. The molecule has 2 atom stereocenters. The first-order valence-electron chi connectivity index (χ1n) is 12.4. The predicted molar refractivity (Wildman–Crippen MR) is 132 cm³/mol. The summed E-state index contributed by atoms with van der Waals surface area (Å²) >= 11 is 6.11. The van der Waals surface area contributed by atoms with E-state index in [2.05, 4.69) is 29.9 Å². The molecule has 0 amide bonds. The van der Waals surface area contributed by atoms with E-state index in [1.807, 2.05) is 29.3 Å². The van der Waals surface area contributed by atoms with Gasteiger partial charge >= 0.3 is 0 Å². The van der Waals surface area contributed by atoms with Gasteiger partial charge in [0.15, 0.2) is 0 Å². The minimum atomic E-state index is -0.557. The molecule has 6 heterocycles. The number of piperidine rings is 1. The molecule has 3 aliphatic heterocycles. The van der Waals surface area contributed by atoms with Gasteiger partial charge in [-0.3, -0.25) is 14.5 Å². The summed E-state index contributed by atoms with van der Waals surface area (Å²) in [6.45, 7) is 2.15. The molecule has 1 radical (unpaired) electrons. The number of aromatic amines is 1. The Kier molecular flexibility index (Phi) is 5.34. The number of aromatic nitrogens is 5. The van der Waals surface area contributed by atoms with Gasteiger partial charge in [-0.2, -0.15) is 5.10 Å². The molecule has 7 rings (SSSR count). The quantitative estimate of drug-likeness (QED) is 0.398. The molecule has 3 fully saturated rings. The largest absolute Gasteiger partial charge is 0.346 e. The van der Waals surface area contributed by atoms with E-state index in [-0.39, 0.29) is 10.6 Å². The Morgan fingerprint density at radius 1 is 1.00 bits per heavy atom. The molecule has 4 aromatic rings. The highest BCUT2D eigenvalue weighted by atomic mass is 35.5. The van der Waals surface area contributed by atoms with Gasteiger partial charge in [-0.15, -0.1) is 0 Å². The first-order valence-corrected chi connectivity index (χ1v) is 12.7. The molecule has 1 aromatic carbocycles. The van der Waals surface area contributed by atoms with Gasteiger partial charge in [0, 0.05) is 66.7 Å². The van der Waals surface area contributed by atoms with Crippen molar-refractivity contribution in [3.63, 3.8) is 0 Å².